The van der Waals surface area contributed by atoms with Crippen molar-refractivity contribution in [1.29, 1.82) is 0 Å². The average molecular weight is 262 g/mol. The molecule has 1 fully saturated rings. The van der Waals surface area contributed by atoms with Gasteiger partial charge in [-0.2, -0.15) is 0 Å². The summed E-state index contributed by atoms with van der Waals surface area (Å²) in [4.78, 5) is 16.3. The number of carbonyl (C=O) groups is 1. The van der Waals surface area contributed by atoms with Crippen molar-refractivity contribution in [3.05, 3.63) is 23.4 Å². The number of hydrogen-bond donors (Lipinski definition) is 2. The molecule has 0 aromatic carbocycles. The molecule has 0 unspecified atom stereocenters. The van der Waals surface area contributed by atoms with Crippen LogP contribution in [0.5, 0.6) is 0 Å². The van der Waals surface area contributed by atoms with E-state index in [4.69, 9.17) is 0 Å². The third-order valence-electron chi connectivity index (χ3n) is 3.64. The molecule has 1 heterocycles. The van der Waals surface area contributed by atoms with E-state index in [9.17, 15) is 9.90 Å². The molecule has 0 atom stereocenters. The van der Waals surface area contributed by atoms with Gasteiger partial charge in [0.05, 0.1) is 12.0 Å². The first kappa shape index (κ1) is 14.0. The van der Waals surface area contributed by atoms with Gasteiger partial charge in [-0.3, -0.25) is 4.79 Å². The van der Waals surface area contributed by atoms with Gasteiger partial charge in [0.25, 0.3) is 0 Å². The number of aryl methyl sites for hydroxylation is 2. The number of rotatable bonds is 3. The number of anilines is 1. The van der Waals surface area contributed by atoms with Crippen LogP contribution in [0.2, 0.25) is 0 Å². The molecule has 4 nitrogen and oxygen atoms in total. The number of nitrogens with zero attached hydrogens (tertiary/aromatic N) is 1. The summed E-state index contributed by atoms with van der Waals surface area (Å²) in [6.45, 7) is 3.87. The molecule has 104 valence electrons. The number of amides is 1. The summed E-state index contributed by atoms with van der Waals surface area (Å²) in [5.74, 6) is 0.420. The van der Waals surface area contributed by atoms with Gasteiger partial charge in [0.15, 0.2) is 0 Å². The van der Waals surface area contributed by atoms with Crippen LogP contribution in [0, 0.1) is 13.8 Å². The van der Waals surface area contributed by atoms with E-state index in [1.807, 2.05) is 26.0 Å². The quantitative estimate of drug-likeness (QED) is 0.880. The molecule has 1 amide bonds. The molecule has 1 aromatic heterocycles. The number of aromatic nitrogens is 1. The van der Waals surface area contributed by atoms with Gasteiger partial charge in [-0.05, 0) is 44.4 Å². The lowest BCUT2D eigenvalue weighted by molar-refractivity contribution is -0.122. The van der Waals surface area contributed by atoms with Gasteiger partial charge in [0, 0.05) is 5.69 Å². The second kappa shape index (κ2) is 5.70. The first-order valence-electron chi connectivity index (χ1n) is 6.94. The summed E-state index contributed by atoms with van der Waals surface area (Å²) in [7, 11) is 0. The molecule has 19 heavy (non-hydrogen) atoms. The fourth-order valence-corrected chi connectivity index (χ4v) is 2.78. The van der Waals surface area contributed by atoms with Gasteiger partial charge in [-0.1, -0.05) is 19.3 Å². The van der Waals surface area contributed by atoms with Crippen molar-refractivity contribution in [2.75, 3.05) is 5.32 Å². The topological polar surface area (TPSA) is 62.2 Å². The molecule has 0 bridgehead atoms. The van der Waals surface area contributed by atoms with Crippen molar-refractivity contribution < 1.29 is 9.90 Å². The Kier molecular flexibility index (Phi) is 4.20. The third-order valence-corrected chi connectivity index (χ3v) is 3.64. The second-order valence-electron chi connectivity index (χ2n) is 5.68. The summed E-state index contributed by atoms with van der Waals surface area (Å²) < 4.78 is 0. The van der Waals surface area contributed by atoms with Crippen LogP contribution in [0.4, 0.5) is 5.82 Å². The van der Waals surface area contributed by atoms with E-state index in [0.717, 1.165) is 43.4 Å². The summed E-state index contributed by atoms with van der Waals surface area (Å²) >= 11 is 0. The first-order chi connectivity index (χ1) is 8.97. The van der Waals surface area contributed by atoms with E-state index in [-0.39, 0.29) is 12.3 Å². The van der Waals surface area contributed by atoms with Crippen LogP contribution in [0.1, 0.15) is 49.8 Å². The smallest absolute Gasteiger partial charge is 0.228 e. The van der Waals surface area contributed by atoms with Crippen LogP contribution < -0.4 is 5.32 Å². The average Bonchev–Trinajstić information content (AvgIpc) is 2.27. The highest BCUT2D eigenvalue weighted by molar-refractivity contribution is 5.90. The molecule has 0 aliphatic heterocycles. The third kappa shape index (κ3) is 4.03. The summed E-state index contributed by atoms with van der Waals surface area (Å²) in [5.41, 5.74) is 1.13. The molecule has 4 heteroatoms. The predicted molar refractivity (Wildman–Crippen MR) is 75.0 cm³/mol. The van der Waals surface area contributed by atoms with Gasteiger partial charge < -0.3 is 10.4 Å². The van der Waals surface area contributed by atoms with Gasteiger partial charge >= 0.3 is 0 Å². The highest BCUT2D eigenvalue weighted by Gasteiger charge is 2.31. The Bertz CT molecular complexity index is 445. The minimum Gasteiger partial charge on any atom is -0.389 e. The van der Waals surface area contributed by atoms with Crippen LogP contribution in [0.3, 0.4) is 0 Å². The Labute approximate surface area is 114 Å². The SMILES string of the molecule is Cc1cc(C)nc(NC(=O)CC2(O)CCCCC2)c1. The molecule has 0 spiro atoms. The lowest BCUT2D eigenvalue weighted by Gasteiger charge is -2.31. The number of pyridine rings is 1. The Hall–Kier alpha value is -1.42. The number of carbonyl (C=O) groups excluding carboxylic acids is 1. The fraction of sp³-hybridized carbons (Fsp3) is 0.600. The molecule has 0 saturated heterocycles. The van der Waals surface area contributed by atoms with Crippen molar-refractivity contribution in [2.24, 2.45) is 0 Å². The van der Waals surface area contributed by atoms with Gasteiger partial charge in [0.2, 0.25) is 5.91 Å². The van der Waals surface area contributed by atoms with E-state index < -0.39 is 5.60 Å². The largest absolute Gasteiger partial charge is 0.389 e. The minimum atomic E-state index is -0.818. The highest BCUT2D eigenvalue weighted by Crippen LogP contribution is 2.31. The number of aliphatic hydroxyl groups is 1. The summed E-state index contributed by atoms with van der Waals surface area (Å²) in [5, 5.41) is 13.1. The second-order valence-corrected chi connectivity index (χ2v) is 5.68. The maximum absolute atomic E-state index is 12.0. The van der Waals surface area contributed by atoms with Crippen LogP contribution in [0.15, 0.2) is 12.1 Å². The summed E-state index contributed by atoms with van der Waals surface area (Å²) in [6.07, 6.45) is 4.78. The lowest BCUT2D eigenvalue weighted by atomic mass is 9.82. The Morgan fingerprint density at radius 2 is 2.00 bits per heavy atom. The first-order valence-corrected chi connectivity index (χ1v) is 6.94. The van der Waals surface area contributed by atoms with Crippen LogP contribution >= 0.6 is 0 Å². The maximum Gasteiger partial charge on any atom is 0.228 e. The van der Waals surface area contributed by atoms with E-state index in [0.29, 0.717) is 5.82 Å². The minimum absolute atomic E-state index is 0.151. The zero-order valence-corrected chi connectivity index (χ0v) is 11.7. The van der Waals surface area contributed by atoms with Crippen LogP contribution in [0.25, 0.3) is 0 Å². The Morgan fingerprint density at radius 3 is 2.63 bits per heavy atom. The number of nitrogens with one attached hydrogen (secondary N) is 1. The van der Waals surface area contributed by atoms with Crippen LogP contribution in [-0.4, -0.2) is 21.6 Å². The highest BCUT2D eigenvalue weighted by atomic mass is 16.3. The van der Waals surface area contributed by atoms with Gasteiger partial charge in [-0.25, -0.2) is 4.98 Å². The summed E-state index contributed by atoms with van der Waals surface area (Å²) in [6, 6.07) is 3.81. The van der Waals surface area contributed by atoms with Crippen molar-refractivity contribution in [3.8, 4) is 0 Å². The maximum atomic E-state index is 12.0. The van der Waals surface area contributed by atoms with E-state index in [1.165, 1.54) is 0 Å². The number of hydrogen-bond acceptors (Lipinski definition) is 3. The molecular weight excluding hydrogens is 240 g/mol. The molecule has 1 aliphatic carbocycles. The molecule has 0 radical (unpaired) electrons. The van der Waals surface area contributed by atoms with Crippen LogP contribution in [-0.2, 0) is 4.79 Å². The molecule has 2 rings (SSSR count). The van der Waals surface area contributed by atoms with Crippen molar-refractivity contribution in [3.63, 3.8) is 0 Å². The van der Waals surface area contributed by atoms with E-state index >= 15 is 0 Å². The molecule has 1 saturated carbocycles. The fourth-order valence-electron chi connectivity index (χ4n) is 2.78. The zero-order valence-electron chi connectivity index (χ0n) is 11.7. The van der Waals surface area contributed by atoms with Gasteiger partial charge in [0.1, 0.15) is 5.82 Å². The lowest BCUT2D eigenvalue weighted by Crippen LogP contribution is -2.36. The molecule has 1 aliphatic rings. The van der Waals surface area contributed by atoms with E-state index in [2.05, 4.69) is 10.3 Å². The normalized spacial score (nSPS) is 18.1. The van der Waals surface area contributed by atoms with Crippen molar-refractivity contribution in [2.45, 2.75) is 58.0 Å². The Balaban J connectivity index is 1.97. The molecule has 1 aromatic rings. The zero-order chi connectivity index (χ0) is 13.9. The van der Waals surface area contributed by atoms with Crippen molar-refractivity contribution >= 4 is 11.7 Å². The molecular formula is C15H22N2O2. The Morgan fingerprint density at radius 1 is 1.32 bits per heavy atom. The van der Waals surface area contributed by atoms with Crippen molar-refractivity contribution in [1.82, 2.24) is 4.98 Å². The molecule has 2 N–H and O–H groups in total. The van der Waals surface area contributed by atoms with Gasteiger partial charge in [-0.15, -0.1) is 0 Å². The monoisotopic (exact) mass is 262 g/mol. The standard InChI is InChI=1S/C15H22N2O2/c1-11-8-12(2)16-13(9-11)17-14(18)10-15(19)6-4-3-5-7-15/h8-9,19H,3-7,10H2,1-2H3,(H,16,17,18). The predicted octanol–water partition coefficient (Wildman–Crippen LogP) is 2.72. The van der Waals surface area contributed by atoms with E-state index in [1.54, 1.807) is 0 Å².